The van der Waals surface area contributed by atoms with Crippen LogP contribution in [0.2, 0.25) is 0 Å². The molecule has 2 aromatic rings. The number of nitrogens with zero attached hydrogens (tertiary/aromatic N) is 2. The topological polar surface area (TPSA) is 55.2 Å². The van der Waals surface area contributed by atoms with Gasteiger partial charge in [-0.25, -0.2) is 14.4 Å². The molecule has 4 nitrogen and oxygen atoms in total. The molecule has 0 aliphatic rings. The van der Waals surface area contributed by atoms with Gasteiger partial charge in [-0.2, -0.15) is 0 Å². The summed E-state index contributed by atoms with van der Waals surface area (Å²) in [5, 5.41) is 10.2. The van der Waals surface area contributed by atoms with Gasteiger partial charge in [0, 0.05) is 6.07 Å². The summed E-state index contributed by atoms with van der Waals surface area (Å²) >= 11 is 0. The van der Waals surface area contributed by atoms with Crippen molar-refractivity contribution in [2.24, 2.45) is 0 Å². The first-order valence-corrected chi connectivity index (χ1v) is 5.42. The molecule has 0 bridgehead atoms. The van der Waals surface area contributed by atoms with Gasteiger partial charge in [0.05, 0.1) is 12.8 Å². The van der Waals surface area contributed by atoms with Crippen molar-refractivity contribution in [3.8, 4) is 5.88 Å². The molecule has 0 aliphatic heterocycles. The third-order valence-electron chi connectivity index (χ3n) is 2.65. The summed E-state index contributed by atoms with van der Waals surface area (Å²) in [7, 11) is 1.49. The predicted molar refractivity (Wildman–Crippen MR) is 63.8 cm³/mol. The Bertz CT molecular complexity index is 560. The van der Waals surface area contributed by atoms with Crippen molar-refractivity contribution in [2.45, 2.75) is 13.0 Å². The minimum atomic E-state index is -0.929. The second-order valence-electron chi connectivity index (χ2n) is 3.90. The Kier molecular flexibility index (Phi) is 3.53. The van der Waals surface area contributed by atoms with E-state index in [4.69, 9.17) is 4.74 Å². The number of halogens is 1. The zero-order chi connectivity index (χ0) is 13.1. The summed E-state index contributed by atoms with van der Waals surface area (Å²) < 4.78 is 18.1. The van der Waals surface area contributed by atoms with E-state index >= 15 is 0 Å². The highest BCUT2D eigenvalue weighted by atomic mass is 19.1. The van der Waals surface area contributed by atoms with Gasteiger partial charge in [0.2, 0.25) is 5.88 Å². The lowest BCUT2D eigenvalue weighted by atomic mass is 10.0. The number of rotatable bonds is 3. The Morgan fingerprint density at radius 2 is 2.06 bits per heavy atom. The van der Waals surface area contributed by atoms with Crippen LogP contribution < -0.4 is 4.74 Å². The summed E-state index contributed by atoms with van der Waals surface area (Å²) in [6.45, 7) is 1.64. The third kappa shape index (κ3) is 2.46. The second-order valence-corrected chi connectivity index (χ2v) is 3.90. The molecule has 2 rings (SSSR count). The van der Waals surface area contributed by atoms with E-state index in [9.17, 15) is 9.50 Å². The molecule has 0 spiro atoms. The number of aliphatic hydroxyl groups is 1. The van der Waals surface area contributed by atoms with Crippen LogP contribution in [0.5, 0.6) is 5.88 Å². The third-order valence-corrected chi connectivity index (χ3v) is 2.65. The van der Waals surface area contributed by atoms with Crippen LogP contribution >= 0.6 is 0 Å². The maximum Gasteiger partial charge on any atom is 0.216 e. The zero-order valence-corrected chi connectivity index (χ0v) is 10.1. The van der Waals surface area contributed by atoms with Gasteiger partial charge in [0.15, 0.2) is 0 Å². The zero-order valence-electron chi connectivity index (χ0n) is 10.1. The van der Waals surface area contributed by atoms with Crippen molar-refractivity contribution in [1.82, 2.24) is 9.97 Å². The molecule has 1 atom stereocenters. The molecule has 0 saturated carbocycles. The smallest absolute Gasteiger partial charge is 0.216 e. The minimum Gasteiger partial charge on any atom is -0.481 e. The van der Waals surface area contributed by atoms with Crippen molar-refractivity contribution >= 4 is 0 Å². The van der Waals surface area contributed by atoms with Crippen LogP contribution in [0.4, 0.5) is 4.39 Å². The van der Waals surface area contributed by atoms with E-state index < -0.39 is 6.10 Å². The Morgan fingerprint density at radius 3 is 2.72 bits per heavy atom. The van der Waals surface area contributed by atoms with Crippen LogP contribution in [0, 0.1) is 12.7 Å². The molecule has 18 heavy (non-hydrogen) atoms. The molecule has 0 saturated heterocycles. The summed E-state index contributed by atoms with van der Waals surface area (Å²) in [5.41, 5.74) is 1.47. The van der Waals surface area contributed by atoms with Crippen molar-refractivity contribution < 1.29 is 14.2 Å². The number of aliphatic hydroxyl groups excluding tert-OH is 1. The van der Waals surface area contributed by atoms with Gasteiger partial charge in [-0.05, 0) is 24.1 Å². The minimum absolute atomic E-state index is 0.300. The quantitative estimate of drug-likeness (QED) is 0.902. The van der Waals surface area contributed by atoms with Crippen LogP contribution in [0.3, 0.4) is 0 Å². The number of hydrogen-bond donors (Lipinski definition) is 1. The maximum absolute atomic E-state index is 13.2. The van der Waals surface area contributed by atoms with E-state index in [2.05, 4.69) is 9.97 Å². The highest BCUT2D eigenvalue weighted by Crippen LogP contribution is 2.23. The molecular formula is C13H13FN2O2. The molecule has 1 N–H and O–H groups in total. The molecule has 5 heteroatoms. The van der Waals surface area contributed by atoms with E-state index in [1.165, 1.54) is 25.6 Å². The fourth-order valence-electron chi connectivity index (χ4n) is 1.62. The Balaban J connectivity index is 2.34. The average molecular weight is 248 g/mol. The number of methoxy groups -OCH3 is 1. The van der Waals surface area contributed by atoms with Gasteiger partial charge in [-0.15, -0.1) is 0 Å². The van der Waals surface area contributed by atoms with Gasteiger partial charge in [-0.1, -0.05) is 12.1 Å². The van der Waals surface area contributed by atoms with Gasteiger partial charge >= 0.3 is 0 Å². The number of aryl methyl sites for hydroxylation is 1. The van der Waals surface area contributed by atoms with E-state index in [1.54, 1.807) is 19.1 Å². The molecule has 1 aromatic carbocycles. The first kappa shape index (κ1) is 12.4. The standard InChI is InChI=1S/C13H13FN2O2/c1-8-5-9(3-4-10(8)14)13(17)11-6-12(18-2)16-7-15-11/h3-7,13,17H,1-2H3. The maximum atomic E-state index is 13.2. The van der Waals surface area contributed by atoms with Crippen LogP contribution in [-0.2, 0) is 0 Å². The van der Waals surface area contributed by atoms with Crippen molar-refractivity contribution in [3.05, 3.63) is 53.2 Å². The van der Waals surface area contributed by atoms with Crippen LogP contribution in [0.1, 0.15) is 22.9 Å². The lowest BCUT2D eigenvalue weighted by molar-refractivity contribution is 0.214. The first-order chi connectivity index (χ1) is 8.61. The molecule has 1 unspecified atom stereocenters. The summed E-state index contributed by atoms with van der Waals surface area (Å²) in [5.74, 6) is 0.0732. The van der Waals surface area contributed by atoms with Gasteiger partial charge in [0.25, 0.3) is 0 Å². The van der Waals surface area contributed by atoms with E-state index in [1.807, 2.05) is 0 Å². The lowest BCUT2D eigenvalue weighted by Gasteiger charge is -2.11. The van der Waals surface area contributed by atoms with Crippen LogP contribution in [0.25, 0.3) is 0 Å². The molecule has 1 aromatic heterocycles. The SMILES string of the molecule is COc1cc(C(O)c2ccc(F)c(C)c2)ncn1. The molecule has 94 valence electrons. The second kappa shape index (κ2) is 5.10. The largest absolute Gasteiger partial charge is 0.481 e. The van der Waals surface area contributed by atoms with Crippen LogP contribution in [0.15, 0.2) is 30.6 Å². The summed E-state index contributed by atoms with van der Waals surface area (Å²) in [4.78, 5) is 7.84. The lowest BCUT2D eigenvalue weighted by Crippen LogP contribution is -2.04. The fourth-order valence-corrected chi connectivity index (χ4v) is 1.62. The first-order valence-electron chi connectivity index (χ1n) is 5.42. The highest BCUT2D eigenvalue weighted by molar-refractivity contribution is 5.31. The van der Waals surface area contributed by atoms with E-state index in [0.29, 0.717) is 22.7 Å². The van der Waals surface area contributed by atoms with Gasteiger partial charge in [-0.3, -0.25) is 0 Å². The number of benzene rings is 1. The molecular weight excluding hydrogens is 235 g/mol. The molecule has 0 radical (unpaired) electrons. The van der Waals surface area contributed by atoms with Gasteiger partial charge < -0.3 is 9.84 Å². The van der Waals surface area contributed by atoms with E-state index in [0.717, 1.165) is 0 Å². The van der Waals surface area contributed by atoms with E-state index in [-0.39, 0.29) is 5.82 Å². The number of aromatic nitrogens is 2. The average Bonchev–Trinajstić information content (AvgIpc) is 2.41. The van der Waals surface area contributed by atoms with Crippen molar-refractivity contribution in [1.29, 1.82) is 0 Å². The molecule has 0 aliphatic carbocycles. The van der Waals surface area contributed by atoms with Crippen molar-refractivity contribution in [2.75, 3.05) is 7.11 Å². The molecule has 0 fully saturated rings. The Labute approximate surface area is 104 Å². The summed E-state index contributed by atoms with van der Waals surface area (Å²) in [6, 6.07) is 5.99. The Morgan fingerprint density at radius 1 is 1.28 bits per heavy atom. The molecule has 0 amide bonds. The predicted octanol–water partition coefficient (Wildman–Crippen LogP) is 2.01. The summed E-state index contributed by atoms with van der Waals surface area (Å²) in [6.07, 6.45) is 0.384. The monoisotopic (exact) mass is 248 g/mol. The van der Waals surface area contributed by atoms with Crippen molar-refractivity contribution in [3.63, 3.8) is 0 Å². The molecule has 1 heterocycles. The highest BCUT2D eigenvalue weighted by Gasteiger charge is 2.14. The normalized spacial score (nSPS) is 12.2. The fraction of sp³-hybridized carbons (Fsp3) is 0.231. The number of hydrogen-bond acceptors (Lipinski definition) is 4. The van der Waals surface area contributed by atoms with Crippen LogP contribution in [-0.4, -0.2) is 22.2 Å². The Hall–Kier alpha value is -2.01. The number of ether oxygens (including phenoxy) is 1. The van der Waals surface area contributed by atoms with Gasteiger partial charge in [0.1, 0.15) is 18.2 Å².